The van der Waals surface area contributed by atoms with Crippen molar-refractivity contribution in [2.45, 2.75) is 8.63 Å². The molecule has 6 heteroatoms. The summed E-state index contributed by atoms with van der Waals surface area (Å²) in [6.45, 7) is 0. The second kappa shape index (κ2) is 4.08. The van der Waals surface area contributed by atoms with Crippen LogP contribution in [0.2, 0.25) is 0 Å². The van der Waals surface area contributed by atoms with Gasteiger partial charge < -0.3 is 0 Å². The molecule has 72 valence electrons. The first kappa shape index (κ1) is 11.2. The predicted octanol–water partition coefficient (Wildman–Crippen LogP) is 2.12. The van der Waals surface area contributed by atoms with Crippen LogP contribution in [0.3, 0.4) is 0 Å². The van der Waals surface area contributed by atoms with Crippen molar-refractivity contribution in [2.75, 3.05) is 0 Å². The summed E-state index contributed by atoms with van der Waals surface area (Å²) in [6.07, 6.45) is 0. The van der Waals surface area contributed by atoms with Crippen LogP contribution in [-0.4, -0.2) is 8.42 Å². The molecule has 0 amide bonds. The summed E-state index contributed by atoms with van der Waals surface area (Å²) < 4.78 is 21.8. The largest absolute Gasteiger partial charge is 0.238 e. The number of benzene rings is 1. The molecule has 0 spiro atoms. The first-order chi connectivity index (χ1) is 5.91. The maximum atomic E-state index is 10.9. The Bertz CT molecular complexity index is 385. The van der Waals surface area contributed by atoms with Crippen LogP contribution in [-0.2, 0) is 10.0 Å². The van der Waals surface area contributed by atoms with E-state index in [2.05, 4.69) is 31.9 Å². The molecule has 0 heterocycles. The molecule has 0 aliphatic rings. The highest BCUT2D eigenvalue weighted by Crippen LogP contribution is 2.29. The van der Waals surface area contributed by atoms with E-state index < -0.39 is 10.0 Å². The molecule has 0 atom stereocenters. The Balaban J connectivity index is 3.08. The molecule has 1 rings (SSSR count). The number of halogens is 2. The van der Waals surface area contributed by atoms with Crippen molar-refractivity contribution in [3.8, 4) is 0 Å². The molecule has 0 aliphatic carbocycles. The van der Waals surface area contributed by atoms with Crippen LogP contribution in [0.1, 0.15) is 9.30 Å². The Labute approximate surface area is 93.6 Å². The Kier molecular flexibility index (Phi) is 3.50. The van der Waals surface area contributed by atoms with Crippen molar-refractivity contribution in [1.82, 2.24) is 0 Å². The lowest BCUT2D eigenvalue weighted by Crippen LogP contribution is -2.11. The molecular weight excluding hydrogens is 322 g/mol. The Morgan fingerprint density at radius 1 is 1.15 bits per heavy atom. The number of rotatable bonds is 2. The van der Waals surface area contributed by atoms with Crippen molar-refractivity contribution >= 4 is 41.9 Å². The minimum atomic E-state index is -3.58. The van der Waals surface area contributed by atoms with Crippen LogP contribution in [0.25, 0.3) is 0 Å². The van der Waals surface area contributed by atoms with Crippen LogP contribution in [0, 0.1) is 0 Å². The van der Waals surface area contributed by atoms with Gasteiger partial charge in [0.1, 0.15) is 0 Å². The summed E-state index contributed by atoms with van der Waals surface area (Å²) in [5, 5.41) is 4.93. The molecule has 0 aromatic heterocycles. The van der Waals surface area contributed by atoms with Gasteiger partial charge in [0.2, 0.25) is 10.0 Å². The summed E-state index contributed by atoms with van der Waals surface area (Å²) in [4.78, 5) is 0.122. The van der Waals surface area contributed by atoms with Gasteiger partial charge in [0.15, 0.2) is 0 Å². The van der Waals surface area contributed by atoms with E-state index in [0.717, 1.165) is 5.56 Å². The van der Waals surface area contributed by atoms with E-state index in [1.807, 2.05) is 0 Å². The monoisotopic (exact) mass is 327 g/mol. The fourth-order valence-corrected chi connectivity index (χ4v) is 1.93. The lowest BCUT2D eigenvalue weighted by Gasteiger charge is -2.02. The number of alkyl halides is 2. The first-order valence-electron chi connectivity index (χ1n) is 3.32. The number of primary sulfonamides is 1. The average molecular weight is 329 g/mol. The molecule has 0 unspecified atom stereocenters. The van der Waals surface area contributed by atoms with Gasteiger partial charge in [-0.1, -0.05) is 44.0 Å². The summed E-state index contributed by atoms with van der Waals surface area (Å²) in [5.41, 5.74) is 0.937. The van der Waals surface area contributed by atoms with Crippen molar-refractivity contribution in [2.24, 2.45) is 5.14 Å². The molecule has 0 fully saturated rings. The van der Waals surface area contributed by atoms with Crippen molar-refractivity contribution in [3.05, 3.63) is 29.8 Å². The van der Waals surface area contributed by atoms with E-state index in [9.17, 15) is 8.42 Å². The normalized spacial score (nSPS) is 12.0. The molecule has 13 heavy (non-hydrogen) atoms. The third-order valence-corrected chi connectivity index (χ3v) is 3.45. The zero-order valence-corrected chi connectivity index (χ0v) is 10.4. The Morgan fingerprint density at radius 2 is 1.62 bits per heavy atom. The lowest BCUT2D eigenvalue weighted by atomic mass is 10.2. The van der Waals surface area contributed by atoms with Crippen LogP contribution in [0.5, 0.6) is 0 Å². The minimum absolute atomic E-state index is 0.0227. The molecule has 2 N–H and O–H groups in total. The molecule has 1 aromatic carbocycles. The second-order valence-electron chi connectivity index (χ2n) is 2.41. The van der Waals surface area contributed by atoms with Crippen LogP contribution < -0.4 is 5.14 Å². The summed E-state index contributed by atoms with van der Waals surface area (Å²) in [5.74, 6) is 0. The summed E-state index contributed by atoms with van der Waals surface area (Å²) in [6, 6.07) is 6.32. The standard InChI is InChI=1S/C7H7Br2NO2S/c8-7(9)5-1-3-6(4-2-5)13(10,11)12/h1-4,7H,(H2,10,11,12). The van der Waals surface area contributed by atoms with Crippen LogP contribution >= 0.6 is 31.9 Å². The first-order valence-corrected chi connectivity index (χ1v) is 6.70. The summed E-state index contributed by atoms with van der Waals surface area (Å²) >= 11 is 6.59. The van der Waals surface area contributed by atoms with Gasteiger partial charge in [0, 0.05) is 0 Å². The smallest absolute Gasteiger partial charge is 0.225 e. The third kappa shape index (κ3) is 3.05. The van der Waals surface area contributed by atoms with Gasteiger partial charge in [0.05, 0.1) is 8.63 Å². The second-order valence-corrected chi connectivity index (χ2v) is 7.04. The minimum Gasteiger partial charge on any atom is -0.225 e. The predicted molar refractivity (Wildman–Crippen MR) is 58.4 cm³/mol. The highest BCUT2D eigenvalue weighted by molar-refractivity contribution is 9.24. The number of sulfonamides is 1. The van der Waals surface area contributed by atoms with Crippen molar-refractivity contribution < 1.29 is 8.42 Å². The van der Waals surface area contributed by atoms with E-state index in [1.165, 1.54) is 12.1 Å². The fraction of sp³-hybridized carbons (Fsp3) is 0.143. The third-order valence-electron chi connectivity index (χ3n) is 1.46. The van der Waals surface area contributed by atoms with Gasteiger partial charge in [-0.2, -0.15) is 0 Å². The Hall–Kier alpha value is 0.0900. The van der Waals surface area contributed by atoms with E-state index >= 15 is 0 Å². The highest BCUT2D eigenvalue weighted by Gasteiger charge is 2.08. The molecule has 0 saturated carbocycles. The highest BCUT2D eigenvalue weighted by atomic mass is 79.9. The van der Waals surface area contributed by atoms with Gasteiger partial charge in [-0.25, -0.2) is 13.6 Å². The van der Waals surface area contributed by atoms with E-state index in [4.69, 9.17) is 5.14 Å². The van der Waals surface area contributed by atoms with Gasteiger partial charge in [-0.3, -0.25) is 0 Å². The molecule has 0 saturated heterocycles. The fourth-order valence-electron chi connectivity index (χ4n) is 0.803. The Morgan fingerprint density at radius 3 is 1.92 bits per heavy atom. The zero-order chi connectivity index (χ0) is 10.1. The van der Waals surface area contributed by atoms with Crippen molar-refractivity contribution in [1.29, 1.82) is 0 Å². The zero-order valence-electron chi connectivity index (χ0n) is 6.44. The van der Waals surface area contributed by atoms with Gasteiger partial charge in [-0.05, 0) is 17.7 Å². The van der Waals surface area contributed by atoms with E-state index in [0.29, 0.717) is 0 Å². The maximum absolute atomic E-state index is 10.9. The van der Waals surface area contributed by atoms with Crippen molar-refractivity contribution in [3.63, 3.8) is 0 Å². The van der Waals surface area contributed by atoms with Crippen LogP contribution in [0.4, 0.5) is 0 Å². The molecule has 0 aliphatic heterocycles. The average Bonchev–Trinajstić information content (AvgIpc) is 2.03. The quantitative estimate of drug-likeness (QED) is 0.845. The number of nitrogens with two attached hydrogens (primary N) is 1. The van der Waals surface area contributed by atoms with E-state index in [-0.39, 0.29) is 8.63 Å². The number of hydrogen-bond acceptors (Lipinski definition) is 2. The van der Waals surface area contributed by atoms with Gasteiger partial charge in [0.25, 0.3) is 0 Å². The molecule has 0 radical (unpaired) electrons. The van der Waals surface area contributed by atoms with E-state index in [1.54, 1.807) is 12.1 Å². The number of hydrogen-bond donors (Lipinski definition) is 1. The molecule has 3 nitrogen and oxygen atoms in total. The maximum Gasteiger partial charge on any atom is 0.238 e. The van der Waals surface area contributed by atoms with Gasteiger partial charge in [-0.15, -0.1) is 0 Å². The van der Waals surface area contributed by atoms with Crippen LogP contribution in [0.15, 0.2) is 29.2 Å². The molecule has 0 bridgehead atoms. The molecular formula is C7H7Br2NO2S. The SMILES string of the molecule is NS(=O)(=O)c1ccc(C(Br)Br)cc1. The lowest BCUT2D eigenvalue weighted by molar-refractivity contribution is 0.598. The van der Waals surface area contributed by atoms with Gasteiger partial charge >= 0.3 is 0 Å². The topological polar surface area (TPSA) is 60.2 Å². The molecule has 1 aromatic rings. The summed E-state index contributed by atoms with van der Waals surface area (Å²) in [7, 11) is -3.58.